The van der Waals surface area contributed by atoms with Crippen molar-refractivity contribution in [1.29, 1.82) is 0 Å². The molecule has 0 saturated heterocycles. The zero-order valence-corrected chi connectivity index (χ0v) is 3.84. The Kier molecular flexibility index (Phi) is 0.464. The van der Waals surface area contributed by atoms with Crippen LogP contribution in [0.5, 0.6) is 0 Å². The summed E-state index contributed by atoms with van der Waals surface area (Å²) in [5.74, 6) is 0. The summed E-state index contributed by atoms with van der Waals surface area (Å²) in [7, 11) is 0. The zero-order valence-electron chi connectivity index (χ0n) is 7.84. The minimum Gasteiger partial charge on any atom is -0.439 e. The molecule has 0 aliphatic carbocycles. The van der Waals surface area contributed by atoms with Crippen molar-refractivity contribution < 1.29 is 15.0 Å². The highest BCUT2D eigenvalue weighted by molar-refractivity contribution is 5.76. The van der Waals surface area contributed by atoms with Crippen molar-refractivity contribution in [2.75, 3.05) is 0 Å². The van der Waals surface area contributed by atoms with E-state index in [1.54, 1.807) is 0 Å². The molecule has 1 atom stereocenters. The van der Waals surface area contributed by atoms with Gasteiger partial charge in [-0.15, -0.1) is 0 Å². The van der Waals surface area contributed by atoms with Crippen LogP contribution in [0.4, 0.5) is 4.79 Å². The van der Waals surface area contributed by atoms with Gasteiger partial charge >= 0.3 is 6.09 Å². The molecule has 1 unspecified atom stereocenters. The first-order chi connectivity index (χ1) is 5.35. The van der Waals surface area contributed by atoms with Crippen molar-refractivity contribution in [3.8, 4) is 0 Å². The number of ether oxygens (including phenoxy) is 1. The Morgan fingerprint density at radius 1 is 2.38 bits per heavy atom. The lowest BCUT2D eigenvalue weighted by Gasteiger charge is -2.11. The van der Waals surface area contributed by atoms with Crippen LogP contribution in [0.3, 0.4) is 0 Å². The third-order valence-electron chi connectivity index (χ3n) is 0.540. The number of rotatable bonds is 0. The Labute approximate surface area is 52.1 Å². The maximum Gasteiger partial charge on any atom is 0.428 e. The summed E-state index contributed by atoms with van der Waals surface area (Å²) >= 11 is 0. The fourth-order valence-corrected chi connectivity index (χ4v) is 0.293. The summed E-state index contributed by atoms with van der Waals surface area (Å²) < 4.78 is 32.0. The van der Waals surface area contributed by atoms with Gasteiger partial charge in [-0.2, -0.15) is 5.10 Å². The van der Waals surface area contributed by atoms with Crippen molar-refractivity contribution in [2.45, 2.75) is 12.9 Å². The first kappa shape index (κ1) is 2.05. The molecule has 0 aromatic rings. The van der Waals surface area contributed by atoms with Gasteiger partial charge in [0.15, 0.2) is 0 Å². The molecular weight excluding hydrogens is 108 g/mol. The molecule has 1 aliphatic heterocycles. The lowest BCUT2D eigenvalue weighted by atomic mass is 10.4. The van der Waals surface area contributed by atoms with Crippen molar-refractivity contribution in [3.05, 3.63) is 0 Å². The quantitative estimate of drug-likeness (QED) is 0.490. The van der Waals surface area contributed by atoms with E-state index in [9.17, 15) is 4.79 Å². The third-order valence-corrected chi connectivity index (χ3v) is 0.540. The van der Waals surface area contributed by atoms with Crippen molar-refractivity contribution >= 4 is 12.3 Å². The molecule has 0 fully saturated rings. The van der Waals surface area contributed by atoms with E-state index in [0.29, 0.717) is 0 Å². The number of carbonyl (C=O) groups is 1. The van der Waals surface area contributed by atoms with Crippen molar-refractivity contribution in [2.24, 2.45) is 5.10 Å². The molecule has 0 saturated carbocycles. The first-order valence-corrected chi connectivity index (χ1v) is 1.88. The lowest BCUT2D eigenvalue weighted by molar-refractivity contribution is 0.130. The van der Waals surface area contributed by atoms with Crippen LogP contribution in [0.15, 0.2) is 5.10 Å². The average Bonchev–Trinajstić information content (AvgIpc) is 1.83. The average molecular weight is 118 g/mol. The molecule has 0 spiro atoms. The van der Waals surface area contributed by atoms with Crippen LogP contribution in [0, 0.1) is 0 Å². The lowest BCUT2D eigenvalue weighted by Crippen LogP contribution is -2.30. The van der Waals surface area contributed by atoms with Gasteiger partial charge in [0.05, 0.1) is 7.59 Å². The summed E-state index contributed by atoms with van der Waals surface area (Å²) in [5.41, 5.74) is 1.85. The Balaban J connectivity index is 2.92. The van der Waals surface area contributed by atoms with E-state index in [0.717, 1.165) is 6.21 Å². The van der Waals surface area contributed by atoms with Crippen molar-refractivity contribution in [1.82, 2.24) is 5.43 Å². The number of amides is 1. The fraction of sp³-hybridized carbons (Fsp3) is 0.500. The van der Waals surface area contributed by atoms with Gasteiger partial charge in [0, 0.05) is 4.11 Å². The molecule has 0 bridgehead atoms. The molecule has 0 aromatic carbocycles. The second-order valence-electron chi connectivity index (χ2n) is 1.12. The maximum absolute atomic E-state index is 10.5. The molecule has 1 N–H and O–H groups in total. The minimum absolute atomic E-state index is 0.724. The van der Waals surface area contributed by atoms with Crippen LogP contribution >= 0.6 is 0 Å². The largest absolute Gasteiger partial charge is 0.439 e. The molecule has 0 radical (unpaired) electrons. The van der Waals surface area contributed by atoms with Crippen LogP contribution in [0.2, 0.25) is 0 Å². The van der Waals surface area contributed by atoms with Crippen LogP contribution in [-0.4, -0.2) is 18.4 Å². The normalized spacial score (nSPS) is 44.8. The smallest absolute Gasteiger partial charge is 0.428 e. The number of nitrogens with zero attached hydrogens (tertiary/aromatic N) is 1. The fourth-order valence-electron chi connectivity index (χ4n) is 0.293. The molecule has 4 heteroatoms. The molecule has 1 aliphatic rings. The highest BCUT2D eigenvalue weighted by atomic mass is 16.6. The van der Waals surface area contributed by atoms with E-state index < -0.39 is 19.0 Å². The van der Waals surface area contributed by atoms with Crippen LogP contribution < -0.4 is 5.43 Å². The van der Waals surface area contributed by atoms with E-state index in [2.05, 4.69) is 9.84 Å². The highest BCUT2D eigenvalue weighted by Gasteiger charge is 2.09. The van der Waals surface area contributed by atoms with Gasteiger partial charge in [0.25, 0.3) is 0 Å². The van der Waals surface area contributed by atoms with E-state index in [1.807, 2.05) is 5.43 Å². The summed E-state index contributed by atoms with van der Waals surface area (Å²) in [6.45, 7) is -2.73. The van der Waals surface area contributed by atoms with E-state index in [1.165, 1.54) is 0 Å². The minimum atomic E-state index is -2.73. The predicted octanol–water partition coefficient (Wildman–Crippen LogP) is 0.101. The standard InChI is InChI=1S/C4H6N2O2/c1-3-2-5-6-4(7)8-3/h2-3H,1H3,(H,6,7)/i1D3,3D. The molecule has 1 amide bonds. The van der Waals surface area contributed by atoms with Crippen LogP contribution in [0.1, 0.15) is 12.3 Å². The summed E-state index contributed by atoms with van der Waals surface area (Å²) in [4.78, 5) is 10.5. The number of hydrazone groups is 1. The Morgan fingerprint density at radius 3 is 3.75 bits per heavy atom. The number of cyclic esters (lactones) is 1. The molecule has 44 valence electrons. The third kappa shape index (κ3) is 0.959. The Hall–Kier alpha value is -1.06. The van der Waals surface area contributed by atoms with Crippen LogP contribution in [-0.2, 0) is 4.74 Å². The van der Waals surface area contributed by atoms with Gasteiger partial charge in [-0.3, -0.25) is 0 Å². The molecule has 8 heavy (non-hydrogen) atoms. The topological polar surface area (TPSA) is 50.7 Å². The number of hydrogen-bond donors (Lipinski definition) is 1. The summed E-state index contributed by atoms with van der Waals surface area (Å²) in [6, 6.07) is 0. The SMILES string of the molecule is [2H]C([2H])([2H])C1([2H])C=NNC(=O)O1. The molecule has 0 aromatic heterocycles. The predicted molar refractivity (Wildman–Crippen MR) is 27.6 cm³/mol. The van der Waals surface area contributed by atoms with Gasteiger partial charge in [0.2, 0.25) is 0 Å². The highest BCUT2D eigenvalue weighted by Crippen LogP contribution is 1.91. The second kappa shape index (κ2) is 1.81. The Morgan fingerprint density at radius 2 is 3.25 bits per heavy atom. The molecule has 4 nitrogen and oxygen atoms in total. The van der Waals surface area contributed by atoms with Crippen molar-refractivity contribution in [3.63, 3.8) is 0 Å². The van der Waals surface area contributed by atoms with Crippen LogP contribution in [0.25, 0.3) is 0 Å². The van der Waals surface area contributed by atoms with Gasteiger partial charge in [0.1, 0.15) is 6.08 Å². The second-order valence-corrected chi connectivity index (χ2v) is 1.12. The number of hydrogen-bond acceptors (Lipinski definition) is 3. The van der Waals surface area contributed by atoms with Gasteiger partial charge < -0.3 is 4.74 Å². The Bertz CT molecular complexity index is 238. The zero-order chi connectivity index (χ0) is 9.41. The molecule has 1 heterocycles. The maximum atomic E-state index is 10.5. The summed E-state index contributed by atoms with van der Waals surface area (Å²) in [6.07, 6.45) is -2.68. The van der Waals surface area contributed by atoms with E-state index in [4.69, 9.17) is 5.48 Å². The number of carbonyl (C=O) groups excluding carboxylic acids is 1. The van der Waals surface area contributed by atoms with Gasteiger partial charge in [-0.05, 0) is 6.85 Å². The van der Waals surface area contributed by atoms with Gasteiger partial charge in [-0.1, -0.05) is 0 Å². The van der Waals surface area contributed by atoms with E-state index in [-0.39, 0.29) is 0 Å². The number of nitrogens with one attached hydrogen (secondary N) is 1. The summed E-state index contributed by atoms with van der Waals surface area (Å²) in [5, 5.41) is 3.18. The molecule has 1 rings (SSSR count). The molecular formula is C4H6N2O2. The van der Waals surface area contributed by atoms with Gasteiger partial charge in [-0.25, -0.2) is 10.2 Å². The first-order valence-electron chi connectivity index (χ1n) is 3.88. The monoisotopic (exact) mass is 118 g/mol. The van der Waals surface area contributed by atoms with E-state index >= 15 is 0 Å².